The highest BCUT2D eigenvalue weighted by Gasteiger charge is 2.35. The monoisotopic (exact) mass is 679 g/mol. The number of nitrogens with one attached hydrogen (secondary N) is 1. The smallest absolute Gasteiger partial charge is 0.265 e. The van der Waals surface area contributed by atoms with E-state index in [-0.39, 0.29) is 52.0 Å². The highest BCUT2D eigenvalue weighted by atomic mass is 35.5. The van der Waals surface area contributed by atoms with E-state index in [1.807, 2.05) is 13.8 Å². The highest BCUT2D eigenvalue weighted by molar-refractivity contribution is 7.92. The van der Waals surface area contributed by atoms with Gasteiger partial charge >= 0.3 is 0 Å². The van der Waals surface area contributed by atoms with Crippen molar-refractivity contribution in [2.75, 3.05) is 32.2 Å². The lowest BCUT2D eigenvalue weighted by Gasteiger charge is -2.34. The molecule has 1 N–H and O–H groups in total. The zero-order valence-electron chi connectivity index (χ0n) is 26.2. The van der Waals surface area contributed by atoms with Crippen molar-refractivity contribution in [3.05, 3.63) is 76.3 Å². The summed E-state index contributed by atoms with van der Waals surface area (Å²) in [7, 11) is -0.261. The molecule has 3 rings (SSSR count). The van der Waals surface area contributed by atoms with Crippen LogP contribution < -0.4 is 23.8 Å². The van der Waals surface area contributed by atoms with Crippen LogP contribution in [0.25, 0.3) is 0 Å². The van der Waals surface area contributed by atoms with Crippen LogP contribution in [0.4, 0.5) is 5.69 Å². The normalized spacial score (nSPS) is 12.5. The Morgan fingerprint density at radius 2 is 1.51 bits per heavy atom. The fourth-order valence-corrected chi connectivity index (χ4v) is 6.44. The molecule has 45 heavy (non-hydrogen) atoms. The van der Waals surface area contributed by atoms with E-state index in [2.05, 4.69) is 5.32 Å². The minimum atomic E-state index is -4.46. The van der Waals surface area contributed by atoms with Crippen molar-refractivity contribution >= 4 is 50.7 Å². The van der Waals surface area contributed by atoms with E-state index in [0.29, 0.717) is 22.8 Å². The van der Waals surface area contributed by atoms with Crippen molar-refractivity contribution in [3.63, 3.8) is 0 Å². The van der Waals surface area contributed by atoms with Gasteiger partial charge in [0.1, 0.15) is 18.3 Å². The number of nitrogens with zero attached hydrogens (tertiary/aromatic N) is 2. The second-order valence-corrected chi connectivity index (χ2v) is 12.9. The van der Waals surface area contributed by atoms with Crippen molar-refractivity contribution in [1.82, 2.24) is 10.2 Å². The first-order chi connectivity index (χ1) is 21.4. The van der Waals surface area contributed by atoms with Crippen molar-refractivity contribution in [2.24, 2.45) is 0 Å². The molecular weight excluding hydrogens is 641 g/mol. The molecule has 0 aliphatic rings. The number of anilines is 1. The number of rotatable bonds is 15. The third-order valence-electron chi connectivity index (χ3n) is 7.32. The summed E-state index contributed by atoms with van der Waals surface area (Å²) < 4.78 is 45.8. The van der Waals surface area contributed by atoms with Crippen LogP contribution in [0.2, 0.25) is 10.0 Å². The van der Waals surface area contributed by atoms with E-state index in [4.69, 9.17) is 37.4 Å². The summed E-state index contributed by atoms with van der Waals surface area (Å²) in [5.41, 5.74) is 0.625. The van der Waals surface area contributed by atoms with Crippen molar-refractivity contribution in [1.29, 1.82) is 0 Å². The lowest BCUT2D eigenvalue weighted by molar-refractivity contribution is -0.140. The van der Waals surface area contributed by atoms with Gasteiger partial charge in [0.05, 0.1) is 31.9 Å². The van der Waals surface area contributed by atoms with Crippen molar-refractivity contribution in [3.8, 4) is 17.2 Å². The lowest BCUT2D eigenvalue weighted by atomic mass is 10.1. The largest absolute Gasteiger partial charge is 0.495 e. The molecule has 10 nitrogen and oxygen atoms in total. The molecule has 0 aromatic heterocycles. The van der Waals surface area contributed by atoms with E-state index in [1.54, 1.807) is 37.3 Å². The zero-order chi connectivity index (χ0) is 33.3. The van der Waals surface area contributed by atoms with Crippen molar-refractivity contribution < 1.29 is 32.2 Å². The van der Waals surface area contributed by atoms with Gasteiger partial charge in [-0.15, -0.1) is 0 Å². The van der Waals surface area contributed by atoms with Gasteiger partial charge in [0, 0.05) is 28.7 Å². The second-order valence-electron chi connectivity index (χ2n) is 10.2. The minimum absolute atomic E-state index is 0.0305. The molecule has 0 bridgehead atoms. The molecule has 0 fully saturated rings. The maximum absolute atomic E-state index is 14.4. The number of carbonyl (C=O) groups excluding carboxylic acids is 2. The molecule has 244 valence electrons. The van der Waals surface area contributed by atoms with E-state index in [9.17, 15) is 18.0 Å². The zero-order valence-corrected chi connectivity index (χ0v) is 28.5. The first-order valence-electron chi connectivity index (χ1n) is 14.3. The van der Waals surface area contributed by atoms with Gasteiger partial charge < -0.3 is 24.4 Å². The molecule has 0 heterocycles. The van der Waals surface area contributed by atoms with Gasteiger partial charge in [0.25, 0.3) is 10.0 Å². The van der Waals surface area contributed by atoms with Crippen LogP contribution in [0.1, 0.15) is 39.2 Å². The first kappa shape index (κ1) is 35.8. The Labute approximate surface area is 275 Å². The van der Waals surface area contributed by atoms with E-state index >= 15 is 0 Å². The van der Waals surface area contributed by atoms with Gasteiger partial charge in [-0.1, -0.05) is 55.2 Å². The van der Waals surface area contributed by atoms with Crippen LogP contribution in [0.15, 0.2) is 65.6 Å². The number of sulfonamides is 1. The van der Waals surface area contributed by atoms with Crippen LogP contribution in [0, 0.1) is 0 Å². The topological polar surface area (TPSA) is 114 Å². The second kappa shape index (κ2) is 16.1. The molecule has 3 aromatic carbocycles. The lowest BCUT2D eigenvalue weighted by Crippen LogP contribution is -2.53. The molecule has 0 radical (unpaired) electrons. The number of hydrogen-bond donors (Lipinski definition) is 1. The molecule has 0 aliphatic carbocycles. The molecule has 0 spiro atoms. The Morgan fingerprint density at radius 3 is 2.11 bits per heavy atom. The van der Waals surface area contributed by atoms with Gasteiger partial charge in [0.15, 0.2) is 11.5 Å². The Kier molecular flexibility index (Phi) is 12.8. The Morgan fingerprint density at radius 1 is 0.867 bits per heavy atom. The number of carbonyl (C=O) groups is 2. The standard InChI is InChI=1S/C32H39Cl2N3O7S/c1-7-21(3)35-32(39)26(8-2)36(19-22-11-9-10-12-25(22)34)31(38)20-37(27-17-23(33)13-15-28(27)42-4)45(40,41)24-14-16-29(43-5)30(18-24)44-6/h9-18,21,26H,7-8,19-20H2,1-6H3,(H,35,39)/t21-,26-/m0/s1. The fourth-order valence-electron chi connectivity index (χ4n) is 4.65. The number of hydrogen-bond acceptors (Lipinski definition) is 7. The predicted octanol–water partition coefficient (Wildman–Crippen LogP) is 5.94. The number of ether oxygens (including phenoxy) is 3. The van der Waals surface area contributed by atoms with Gasteiger partial charge in [0.2, 0.25) is 11.8 Å². The van der Waals surface area contributed by atoms with E-state index in [0.717, 1.165) is 4.31 Å². The van der Waals surface area contributed by atoms with E-state index in [1.165, 1.54) is 56.6 Å². The maximum atomic E-state index is 14.4. The molecule has 0 unspecified atom stereocenters. The fraction of sp³-hybridized carbons (Fsp3) is 0.375. The third-order valence-corrected chi connectivity index (χ3v) is 9.68. The number of amides is 2. The van der Waals surface area contributed by atoms with Gasteiger partial charge in [-0.25, -0.2) is 8.42 Å². The molecule has 0 saturated carbocycles. The Hall–Kier alpha value is -3.67. The van der Waals surface area contributed by atoms with Gasteiger partial charge in [-0.3, -0.25) is 13.9 Å². The van der Waals surface area contributed by atoms with Gasteiger partial charge in [-0.05, 0) is 61.7 Å². The molecular formula is C32H39Cl2N3O7S. The number of methoxy groups -OCH3 is 3. The summed E-state index contributed by atoms with van der Waals surface area (Å²) in [5, 5.41) is 3.57. The van der Waals surface area contributed by atoms with Crippen LogP contribution in [0.5, 0.6) is 17.2 Å². The molecule has 2 amide bonds. The van der Waals surface area contributed by atoms with Crippen LogP contribution in [-0.4, -0.2) is 65.1 Å². The maximum Gasteiger partial charge on any atom is 0.265 e. The Bertz CT molecular complexity index is 1600. The number of benzene rings is 3. The average Bonchev–Trinajstić information content (AvgIpc) is 3.03. The predicted molar refractivity (Wildman–Crippen MR) is 176 cm³/mol. The molecule has 0 aliphatic heterocycles. The summed E-state index contributed by atoms with van der Waals surface area (Å²) in [5.74, 6) is -0.344. The molecule has 13 heteroatoms. The first-order valence-corrected chi connectivity index (χ1v) is 16.5. The summed E-state index contributed by atoms with van der Waals surface area (Å²) in [6.45, 7) is 4.86. The average molecular weight is 681 g/mol. The van der Waals surface area contributed by atoms with Crippen LogP contribution >= 0.6 is 23.2 Å². The van der Waals surface area contributed by atoms with Crippen LogP contribution in [-0.2, 0) is 26.2 Å². The summed E-state index contributed by atoms with van der Waals surface area (Å²) in [6, 6.07) is 14.5. The number of halogens is 2. The quantitative estimate of drug-likeness (QED) is 0.212. The highest BCUT2D eigenvalue weighted by Crippen LogP contribution is 2.37. The summed E-state index contributed by atoms with van der Waals surface area (Å²) in [6.07, 6.45) is 0.952. The van der Waals surface area contributed by atoms with Gasteiger partial charge in [-0.2, -0.15) is 0 Å². The Balaban J connectivity index is 2.19. The molecule has 3 aromatic rings. The third kappa shape index (κ3) is 8.53. The molecule has 0 saturated heterocycles. The summed E-state index contributed by atoms with van der Waals surface area (Å²) >= 11 is 12.8. The SMILES string of the molecule is CC[C@H](C)NC(=O)[C@H](CC)N(Cc1ccccc1Cl)C(=O)CN(c1cc(Cl)ccc1OC)S(=O)(=O)c1ccc(OC)c(OC)c1. The van der Waals surface area contributed by atoms with Crippen LogP contribution in [0.3, 0.4) is 0 Å². The minimum Gasteiger partial charge on any atom is -0.495 e. The molecule has 2 atom stereocenters. The van der Waals surface area contributed by atoms with E-state index < -0.39 is 28.5 Å². The van der Waals surface area contributed by atoms with Crippen molar-refractivity contribution in [2.45, 2.75) is 57.1 Å². The summed E-state index contributed by atoms with van der Waals surface area (Å²) in [4.78, 5) is 29.0.